The highest BCUT2D eigenvalue weighted by Gasteiger charge is 2.22. The number of nitrogens with one attached hydrogen (secondary N) is 1. The molecule has 3 aromatic rings. The number of ether oxygens (including phenoxy) is 2. The zero-order chi connectivity index (χ0) is 16.7. The SMILES string of the molecule is COc1ccc(OC)c(Nc2c3c(nc4nc(C)nn24)CCC3)c1. The summed E-state index contributed by atoms with van der Waals surface area (Å²) < 4.78 is 12.6. The first kappa shape index (κ1) is 14.7. The number of anilines is 2. The zero-order valence-electron chi connectivity index (χ0n) is 14.0. The molecule has 4 rings (SSSR count). The van der Waals surface area contributed by atoms with E-state index in [0.29, 0.717) is 11.6 Å². The fraction of sp³-hybridized carbons (Fsp3) is 0.353. The van der Waals surface area contributed by atoms with Gasteiger partial charge in [0.1, 0.15) is 23.1 Å². The summed E-state index contributed by atoms with van der Waals surface area (Å²) in [6.07, 6.45) is 3.05. The molecule has 24 heavy (non-hydrogen) atoms. The molecule has 1 aliphatic rings. The van der Waals surface area contributed by atoms with Gasteiger partial charge in [0.15, 0.2) is 0 Å². The van der Waals surface area contributed by atoms with Gasteiger partial charge in [0.25, 0.3) is 5.78 Å². The molecule has 0 radical (unpaired) electrons. The molecule has 7 nitrogen and oxygen atoms in total. The van der Waals surface area contributed by atoms with Gasteiger partial charge in [-0.15, -0.1) is 5.10 Å². The van der Waals surface area contributed by atoms with Crippen molar-refractivity contribution in [3.63, 3.8) is 0 Å². The Morgan fingerprint density at radius 3 is 2.79 bits per heavy atom. The van der Waals surface area contributed by atoms with Crippen LogP contribution in [-0.2, 0) is 12.8 Å². The van der Waals surface area contributed by atoms with E-state index in [2.05, 4.69) is 20.4 Å². The molecule has 0 saturated heterocycles. The Bertz CT molecular complexity index is 919. The van der Waals surface area contributed by atoms with E-state index in [-0.39, 0.29) is 0 Å². The van der Waals surface area contributed by atoms with Gasteiger partial charge in [-0.1, -0.05) is 0 Å². The summed E-state index contributed by atoms with van der Waals surface area (Å²) in [5.41, 5.74) is 3.11. The number of methoxy groups -OCH3 is 2. The van der Waals surface area contributed by atoms with E-state index in [9.17, 15) is 0 Å². The Hall–Kier alpha value is -2.83. The van der Waals surface area contributed by atoms with Crippen molar-refractivity contribution in [1.29, 1.82) is 0 Å². The van der Waals surface area contributed by atoms with Crippen molar-refractivity contribution >= 4 is 17.3 Å². The monoisotopic (exact) mass is 325 g/mol. The fourth-order valence-electron chi connectivity index (χ4n) is 3.15. The van der Waals surface area contributed by atoms with Crippen molar-refractivity contribution < 1.29 is 9.47 Å². The minimum atomic E-state index is 0.623. The molecule has 0 atom stereocenters. The minimum Gasteiger partial charge on any atom is -0.497 e. The molecule has 0 amide bonds. The first-order valence-electron chi connectivity index (χ1n) is 7.94. The van der Waals surface area contributed by atoms with Crippen LogP contribution in [-0.4, -0.2) is 33.8 Å². The molecule has 0 saturated carbocycles. The molecule has 7 heteroatoms. The summed E-state index contributed by atoms with van der Waals surface area (Å²) >= 11 is 0. The number of aryl methyl sites for hydroxylation is 2. The Labute approximate surface area is 139 Å². The molecule has 2 aromatic heterocycles. The van der Waals surface area contributed by atoms with Gasteiger partial charge >= 0.3 is 0 Å². The van der Waals surface area contributed by atoms with Crippen molar-refractivity contribution in [2.75, 3.05) is 19.5 Å². The van der Waals surface area contributed by atoms with Crippen molar-refractivity contribution in [2.24, 2.45) is 0 Å². The number of hydrogen-bond acceptors (Lipinski definition) is 6. The third kappa shape index (κ3) is 2.33. The van der Waals surface area contributed by atoms with Crippen LogP contribution in [0.3, 0.4) is 0 Å². The highest BCUT2D eigenvalue weighted by Crippen LogP contribution is 2.35. The summed E-state index contributed by atoms with van der Waals surface area (Å²) in [7, 11) is 3.30. The number of rotatable bonds is 4. The smallest absolute Gasteiger partial charge is 0.254 e. The number of benzene rings is 1. The highest BCUT2D eigenvalue weighted by molar-refractivity contribution is 5.70. The lowest BCUT2D eigenvalue weighted by molar-refractivity contribution is 0.405. The van der Waals surface area contributed by atoms with Crippen LogP contribution < -0.4 is 14.8 Å². The molecule has 0 aliphatic heterocycles. The van der Waals surface area contributed by atoms with E-state index in [0.717, 1.165) is 48.0 Å². The molecular weight excluding hydrogens is 306 g/mol. The first-order valence-corrected chi connectivity index (χ1v) is 7.94. The van der Waals surface area contributed by atoms with Gasteiger partial charge in [-0.05, 0) is 38.3 Å². The first-order chi connectivity index (χ1) is 11.7. The highest BCUT2D eigenvalue weighted by atomic mass is 16.5. The van der Waals surface area contributed by atoms with E-state index in [4.69, 9.17) is 9.47 Å². The topological polar surface area (TPSA) is 73.6 Å². The van der Waals surface area contributed by atoms with Crippen LogP contribution in [0, 0.1) is 6.92 Å². The average molecular weight is 325 g/mol. The molecule has 1 N–H and O–H groups in total. The van der Waals surface area contributed by atoms with Crippen molar-refractivity contribution in [1.82, 2.24) is 19.6 Å². The summed E-state index contributed by atoms with van der Waals surface area (Å²) in [5, 5.41) is 7.96. The van der Waals surface area contributed by atoms with Crippen LogP contribution in [0.15, 0.2) is 18.2 Å². The third-order valence-corrected chi connectivity index (χ3v) is 4.28. The summed E-state index contributed by atoms with van der Waals surface area (Å²) in [6.45, 7) is 1.87. The Kier molecular flexibility index (Phi) is 3.48. The number of hydrogen-bond donors (Lipinski definition) is 1. The molecule has 1 aromatic carbocycles. The van der Waals surface area contributed by atoms with Crippen molar-refractivity contribution in [3.05, 3.63) is 35.3 Å². The normalized spacial score (nSPS) is 13.1. The third-order valence-electron chi connectivity index (χ3n) is 4.28. The van der Waals surface area contributed by atoms with Crippen LogP contribution in [0.25, 0.3) is 5.78 Å². The van der Waals surface area contributed by atoms with Crippen molar-refractivity contribution in [2.45, 2.75) is 26.2 Å². The van der Waals surface area contributed by atoms with Gasteiger partial charge in [-0.3, -0.25) is 0 Å². The van der Waals surface area contributed by atoms with Crippen LogP contribution in [0.5, 0.6) is 11.5 Å². The fourth-order valence-corrected chi connectivity index (χ4v) is 3.15. The second-order valence-corrected chi connectivity index (χ2v) is 5.80. The van der Waals surface area contributed by atoms with Crippen LogP contribution in [0.4, 0.5) is 11.5 Å². The maximum Gasteiger partial charge on any atom is 0.254 e. The number of nitrogens with zero attached hydrogens (tertiary/aromatic N) is 4. The standard InChI is InChI=1S/C17H19N5O2/c1-10-18-17-20-13-6-4-5-12(13)16(22(17)21-10)19-14-9-11(23-2)7-8-15(14)24-3/h7-9,19H,4-6H2,1-3H3. The lowest BCUT2D eigenvalue weighted by Gasteiger charge is -2.15. The predicted octanol–water partition coefficient (Wildman–Crippen LogP) is 2.68. The second kappa shape index (κ2) is 5.67. The predicted molar refractivity (Wildman–Crippen MR) is 90.4 cm³/mol. The van der Waals surface area contributed by atoms with Crippen LogP contribution >= 0.6 is 0 Å². The minimum absolute atomic E-state index is 0.623. The van der Waals surface area contributed by atoms with Gasteiger partial charge in [0, 0.05) is 11.6 Å². The molecule has 124 valence electrons. The molecule has 0 bridgehead atoms. The summed E-state index contributed by atoms with van der Waals surface area (Å²) in [5.74, 6) is 3.73. The number of aromatic nitrogens is 4. The Balaban J connectivity index is 1.88. The van der Waals surface area contributed by atoms with Gasteiger partial charge in [-0.25, -0.2) is 4.98 Å². The lowest BCUT2D eigenvalue weighted by atomic mass is 10.2. The number of fused-ring (bicyclic) bond motifs is 2. The van der Waals surface area contributed by atoms with Gasteiger partial charge in [0.2, 0.25) is 0 Å². The van der Waals surface area contributed by atoms with Gasteiger partial charge in [-0.2, -0.15) is 9.50 Å². The van der Waals surface area contributed by atoms with E-state index in [1.165, 1.54) is 5.56 Å². The van der Waals surface area contributed by atoms with E-state index in [1.807, 2.05) is 25.1 Å². The van der Waals surface area contributed by atoms with Gasteiger partial charge < -0.3 is 14.8 Å². The summed E-state index contributed by atoms with van der Waals surface area (Å²) in [6, 6.07) is 5.67. The maximum atomic E-state index is 5.47. The van der Waals surface area contributed by atoms with Crippen LogP contribution in [0.1, 0.15) is 23.5 Å². The summed E-state index contributed by atoms with van der Waals surface area (Å²) in [4.78, 5) is 9.06. The van der Waals surface area contributed by atoms with Gasteiger partial charge in [0.05, 0.1) is 25.6 Å². The van der Waals surface area contributed by atoms with Crippen LogP contribution in [0.2, 0.25) is 0 Å². The van der Waals surface area contributed by atoms with E-state index < -0.39 is 0 Å². The van der Waals surface area contributed by atoms with Crippen molar-refractivity contribution in [3.8, 4) is 11.5 Å². The zero-order valence-corrected chi connectivity index (χ0v) is 14.0. The molecule has 0 unspecified atom stereocenters. The average Bonchev–Trinajstić information content (AvgIpc) is 3.20. The van der Waals surface area contributed by atoms with E-state index in [1.54, 1.807) is 18.7 Å². The Morgan fingerprint density at radius 2 is 2.00 bits per heavy atom. The largest absolute Gasteiger partial charge is 0.497 e. The molecule has 0 spiro atoms. The molecular formula is C17H19N5O2. The Morgan fingerprint density at radius 1 is 1.12 bits per heavy atom. The quantitative estimate of drug-likeness (QED) is 0.795. The van der Waals surface area contributed by atoms with E-state index >= 15 is 0 Å². The molecule has 1 aliphatic carbocycles. The lowest BCUT2D eigenvalue weighted by Crippen LogP contribution is -2.07. The molecule has 2 heterocycles. The second-order valence-electron chi connectivity index (χ2n) is 5.80. The maximum absolute atomic E-state index is 5.47. The molecule has 0 fully saturated rings.